The van der Waals surface area contributed by atoms with Crippen LogP contribution in [0.15, 0.2) is 176 Å². The summed E-state index contributed by atoms with van der Waals surface area (Å²) < 4.78 is 0. The summed E-state index contributed by atoms with van der Waals surface area (Å²) in [5, 5.41) is 12.0. The average molecular weight is 679 g/mol. The standard InChI is InChI=1S/C50H50N2/c51-48(33-38(34-13-2-1-3-14-34)26-25-36-19-12-18-35-15-4-7-20-42(35)36)40-27-29-41(31-40)52-49-24-11-10-23-45(49)47-32-39-17-6-8-21-43(39)46-30-28-37-16-5-9-22-44(37)50(46)47/h1-13,15-18,21-30,32,34,36,38,40-42,45,48-49,52H,14,19-20,31,33,51H2/b26-25+. The summed E-state index contributed by atoms with van der Waals surface area (Å²) in [6, 6.07) is 25.4. The summed E-state index contributed by atoms with van der Waals surface area (Å²) in [6.45, 7) is 0. The van der Waals surface area contributed by atoms with Crippen molar-refractivity contribution < 1.29 is 0 Å². The first-order valence-corrected chi connectivity index (χ1v) is 19.6. The fourth-order valence-corrected chi connectivity index (χ4v) is 9.75. The van der Waals surface area contributed by atoms with Crippen molar-refractivity contribution in [1.29, 1.82) is 0 Å². The van der Waals surface area contributed by atoms with E-state index in [4.69, 9.17) is 5.73 Å². The van der Waals surface area contributed by atoms with Gasteiger partial charge in [-0.3, -0.25) is 0 Å². The third-order valence-electron chi connectivity index (χ3n) is 12.5. The Morgan fingerprint density at radius 2 is 1.54 bits per heavy atom. The Morgan fingerprint density at radius 1 is 0.712 bits per heavy atom. The number of nitrogens with two attached hydrogens (primary N) is 1. The highest BCUT2D eigenvalue weighted by Crippen LogP contribution is 2.41. The minimum Gasteiger partial charge on any atom is -0.327 e. The van der Waals surface area contributed by atoms with Crippen LogP contribution in [0.4, 0.5) is 0 Å². The molecule has 0 bridgehead atoms. The molecule has 5 aliphatic carbocycles. The van der Waals surface area contributed by atoms with Crippen LogP contribution in [0.5, 0.6) is 0 Å². The van der Waals surface area contributed by atoms with Crippen LogP contribution in [0.25, 0.3) is 32.3 Å². The lowest BCUT2D eigenvalue weighted by Gasteiger charge is -2.32. The molecular weight excluding hydrogens is 629 g/mol. The van der Waals surface area contributed by atoms with E-state index in [0.29, 0.717) is 29.6 Å². The number of hydrogen-bond donors (Lipinski definition) is 2. The second-order valence-corrected chi connectivity index (χ2v) is 15.7. The zero-order valence-corrected chi connectivity index (χ0v) is 30.0. The van der Waals surface area contributed by atoms with Gasteiger partial charge in [0.15, 0.2) is 0 Å². The van der Waals surface area contributed by atoms with E-state index >= 15 is 0 Å². The lowest BCUT2D eigenvalue weighted by atomic mass is 9.74. The molecule has 0 heterocycles. The Balaban J connectivity index is 0.930. The summed E-state index contributed by atoms with van der Waals surface area (Å²) in [4.78, 5) is 0. The van der Waals surface area contributed by atoms with Crippen LogP contribution >= 0.6 is 0 Å². The first kappa shape index (κ1) is 33.1. The van der Waals surface area contributed by atoms with Gasteiger partial charge in [-0.25, -0.2) is 0 Å². The Labute approximate surface area is 309 Å². The highest BCUT2D eigenvalue weighted by molar-refractivity contribution is 6.19. The molecule has 0 radical (unpaired) electrons. The summed E-state index contributed by atoms with van der Waals surface area (Å²) in [5.41, 5.74) is 10.1. The maximum absolute atomic E-state index is 7.17. The predicted molar refractivity (Wildman–Crippen MR) is 222 cm³/mol. The molecule has 9 atom stereocenters. The molecule has 0 aliphatic heterocycles. The van der Waals surface area contributed by atoms with E-state index in [9.17, 15) is 0 Å². The Morgan fingerprint density at radius 3 is 2.44 bits per heavy atom. The lowest BCUT2D eigenvalue weighted by molar-refractivity contribution is 0.343. The van der Waals surface area contributed by atoms with Crippen LogP contribution in [-0.2, 0) is 0 Å². The molecule has 5 aliphatic rings. The normalized spacial score (nSPS) is 29.0. The van der Waals surface area contributed by atoms with Crippen LogP contribution in [0.2, 0.25) is 0 Å². The quantitative estimate of drug-likeness (QED) is 0.137. The van der Waals surface area contributed by atoms with E-state index < -0.39 is 0 Å². The molecule has 52 heavy (non-hydrogen) atoms. The number of benzene rings is 4. The minimum atomic E-state index is 0.115. The van der Waals surface area contributed by atoms with E-state index in [0.717, 1.165) is 32.1 Å². The molecule has 2 heteroatoms. The lowest BCUT2D eigenvalue weighted by Crippen LogP contribution is -2.41. The van der Waals surface area contributed by atoms with Crippen molar-refractivity contribution >= 4 is 32.3 Å². The average Bonchev–Trinajstić information content (AvgIpc) is 3.68. The molecule has 0 saturated heterocycles. The van der Waals surface area contributed by atoms with E-state index in [-0.39, 0.29) is 24.0 Å². The highest BCUT2D eigenvalue weighted by atomic mass is 15.0. The van der Waals surface area contributed by atoms with Gasteiger partial charge in [0.25, 0.3) is 0 Å². The molecule has 3 N–H and O–H groups in total. The van der Waals surface area contributed by atoms with Gasteiger partial charge in [0.2, 0.25) is 0 Å². The second kappa shape index (κ2) is 14.7. The smallest absolute Gasteiger partial charge is 0.0362 e. The molecule has 0 aromatic heterocycles. The van der Waals surface area contributed by atoms with Crippen molar-refractivity contribution in [3.8, 4) is 0 Å². The van der Waals surface area contributed by atoms with Crippen LogP contribution < -0.4 is 11.1 Å². The molecule has 0 spiro atoms. The Kier molecular flexibility index (Phi) is 9.36. The third kappa shape index (κ3) is 6.55. The number of nitrogens with one attached hydrogen (secondary N) is 1. The molecule has 9 rings (SSSR count). The first-order chi connectivity index (χ1) is 25.7. The van der Waals surface area contributed by atoms with Crippen molar-refractivity contribution in [1.82, 2.24) is 5.32 Å². The van der Waals surface area contributed by atoms with Gasteiger partial charge in [-0.15, -0.1) is 0 Å². The summed E-state index contributed by atoms with van der Waals surface area (Å²) in [6.07, 6.45) is 45.2. The molecular formula is C50H50N2. The van der Waals surface area contributed by atoms with Crippen molar-refractivity contribution in [2.75, 3.05) is 0 Å². The third-order valence-corrected chi connectivity index (χ3v) is 12.5. The number of allylic oxidation sites excluding steroid dienone is 14. The van der Waals surface area contributed by atoms with Gasteiger partial charge < -0.3 is 11.1 Å². The molecule has 0 saturated carbocycles. The number of fused-ring (bicyclic) bond motifs is 6. The van der Waals surface area contributed by atoms with Crippen LogP contribution in [0, 0.1) is 29.6 Å². The van der Waals surface area contributed by atoms with E-state index in [1.807, 2.05) is 0 Å². The van der Waals surface area contributed by atoms with Gasteiger partial charge in [-0.1, -0.05) is 164 Å². The van der Waals surface area contributed by atoms with Crippen LogP contribution in [0.1, 0.15) is 43.6 Å². The topological polar surface area (TPSA) is 38.0 Å². The Bertz CT molecular complexity index is 2240. The number of rotatable bonds is 9. The molecule has 0 amide bonds. The SMILES string of the molecule is NC(CC(/C=C/C1CC=CC2=CC=CCC21)C1C=CC=CC1)C1C=CC(NC2C=CC=CC2c2cc3ccccc3c3ccc4ccccc4c23)C1. The molecule has 2 nitrogen and oxygen atoms in total. The maximum Gasteiger partial charge on any atom is 0.0362 e. The molecule has 4 aromatic rings. The predicted octanol–water partition coefficient (Wildman–Crippen LogP) is 11.4. The van der Waals surface area contributed by atoms with E-state index in [1.54, 1.807) is 0 Å². The fraction of sp³-hybridized carbons (Fsp3) is 0.280. The number of hydrogen-bond acceptors (Lipinski definition) is 2. The maximum atomic E-state index is 7.17. The summed E-state index contributed by atoms with van der Waals surface area (Å²) in [5.74, 6) is 2.67. The van der Waals surface area contributed by atoms with Gasteiger partial charge in [0.05, 0.1) is 0 Å². The van der Waals surface area contributed by atoms with Crippen molar-refractivity contribution in [3.63, 3.8) is 0 Å². The molecule has 0 fully saturated rings. The van der Waals surface area contributed by atoms with Crippen molar-refractivity contribution in [3.05, 3.63) is 181 Å². The van der Waals surface area contributed by atoms with Crippen LogP contribution in [-0.4, -0.2) is 18.1 Å². The van der Waals surface area contributed by atoms with Gasteiger partial charge >= 0.3 is 0 Å². The second-order valence-electron chi connectivity index (χ2n) is 15.7. The highest BCUT2D eigenvalue weighted by Gasteiger charge is 2.32. The monoisotopic (exact) mass is 678 g/mol. The molecule has 260 valence electrons. The zero-order chi connectivity index (χ0) is 34.9. The van der Waals surface area contributed by atoms with Crippen molar-refractivity contribution in [2.24, 2.45) is 35.3 Å². The largest absolute Gasteiger partial charge is 0.327 e. The molecule has 9 unspecified atom stereocenters. The van der Waals surface area contributed by atoms with Gasteiger partial charge in [0, 0.05) is 24.0 Å². The molecule has 4 aromatic carbocycles. The minimum absolute atomic E-state index is 0.115. The van der Waals surface area contributed by atoms with Gasteiger partial charge in [0.1, 0.15) is 0 Å². The Hall–Kier alpha value is -4.76. The summed E-state index contributed by atoms with van der Waals surface area (Å²) in [7, 11) is 0. The van der Waals surface area contributed by atoms with Gasteiger partial charge in [-0.05, 0) is 111 Å². The van der Waals surface area contributed by atoms with E-state index in [1.165, 1.54) is 43.5 Å². The van der Waals surface area contributed by atoms with Gasteiger partial charge in [-0.2, -0.15) is 0 Å². The van der Waals surface area contributed by atoms with Crippen LogP contribution in [0.3, 0.4) is 0 Å². The zero-order valence-electron chi connectivity index (χ0n) is 30.0. The van der Waals surface area contributed by atoms with E-state index in [2.05, 4.69) is 175 Å². The summed E-state index contributed by atoms with van der Waals surface area (Å²) >= 11 is 0. The van der Waals surface area contributed by atoms with Crippen molar-refractivity contribution in [2.45, 2.75) is 56.1 Å². The fourth-order valence-electron chi connectivity index (χ4n) is 9.75. The first-order valence-electron chi connectivity index (χ1n) is 19.6.